The van der Waals surface area contributed by atoms with Crippen molar-refractivity contribution in [2.24, 2.45) is 0 Å². The van der Waals surface area contributed by atoms with E-state index in [1.165, 1.54) is 0 Å². The second kappa shape index (κ2) is 16.8. The molecule has 1 aromatic rings. The summed E-state index contributed by atoms with van der Waals surface area (Å²) in [6.07, 6.45) is 0. The van der Waals surface area contributed by atoms with Crippen molar-refractivity contribution in [2.45, 2.75) is 62.3 Å². The molecule has 18 heteroatoms. The van der Waals surface area contributed by atoms with Gasteiger partial charge in [0, 0.05) is 59.5 Å². The first-order chi connectivity index (χ1) is 18.6. The summed E-state index contributed by atoms with van der Waals surface area (Å²) in [5.41, 5.74) is -3.38. The van der Waals surface area contributed by atoms with Gasteiger partial charge in [-0.2, -0.15) is 0 Å². The predicted molar refractivity (Wildman–Crippen MR) is 147 cm³/mol. The molecule has 0 fully saturated rings. The molecule has 0 saturated carbocycles. The second-order valence-electron chi connectivity index (χ2n) is 7.32. The number of rotatable bonds is 21. The number of hydrogen-bond acceptors (Lipinski definition) is 12. The summed E-state index contributed by atoms with van der Waals surface area (Å²) in [6.45, 7) is 15.3. The van der Waals surface area contributed by atoms with E-state index in [4.69, 9.17) is 39.8 Å². The Morgan fingerprint density at radius 1 is 0.359 bits per heavy atom. The van der Waals surface area contributed by atoms with Gasteiger partial charge in [-0.15, -0.1) is 0 Å². The van der Waals surface area contributed by atoms with Crippen molar-refractivity contribution in [3.63, 3.8) is 0 Å². The molecule has 0 aromatic carbocycles. The summed E-state index contributed by atoms with van der Waals surface area (Å²) in [5.74, 6) is 0. The first kappa shape index (κ1) is 35.7. The third kappa shape index (κ3) is 7.51. The molecule has 0 aliphatic heterocycles. The Morgan fingerprint density at radius 3 is 0.590 bits per heavy atom. The van der Waals surface area contributed by atoms with Crippen LogP contribution >= 0.6 is 0 Å². The average Bonchev–Trinajstić information content (AvgIpc) is 2.85. The molecule has 0 amide bonds. The standard InChI is InChI=1S/C21H45N3O12Si3/c1-10-28-37(29-11-2,30-12-3)22-19(25)23(38(31-13-4,32-14-5)33-15-6)21(27)24(20(22)26)39(34-16-7,35-17-8)36-18-9/h10-18H2,1-9H3. The highest BCUT2D eigenvalue weighted by atomic mass is 28.4. The van der Waals surface area contributed by atoms with Crippen LogP contribution in [0.4, 0.5) is 0 Å². The molecule has 0 aliphatic rings. The third-order valence-electron chi connectivity index (χ3n) is 4.91. The molecule has 0 spiro atoms. The Morgan fingerprint density at radius 2 is 0.487 bits per heavy atom. The average molecular weight is 616 g/mol. The van der Waals surface area contributed by atoms with Gasteiger partial charge >= 0.3 is 44.0 Å². The topological polar surface area (TPSA) is 149 Å². The monoisotopic (exact) mass is 615 g/mol. The van der Waals surface area contributed by atoms with Crippen LogP contribution in [0.2, 0.25) is 0 Å². The highest BCUT2D eigenvalue weighted by Crippen LogP contribution is 2.15. The van der Waals surface area contributed by atoms with Gasteiger partial charge in [-0.25, -0.2) is 27.1 Å². The SMILES string of the molecule is CCO[Si](OCC)(OCC)n1c(=O)n([Si](OCC)(OCC)OCC)c(=O)n([Si](OCC)(OCC)OCC)c1=O. The fraction of sp³-hybridized carbons (Fsp3) is 0.857. The highest BCUT2D eigenvalue weighted by Gasteiger charge is 2.58. The molecule has 0 radical (unpaired) electrons. The maximum Gasteiger partial charge on any atom is 0.645 e. The predicted octanol–water partition coefficient (Wildman–Crippen LogP) is 0.351. The molecule has 15 nitrogen and oxygen atoms in total. The summed E-state index contributed by atoms with van der Waals surface area (Å²) in [4.78, 5) is 42.9. The van der Waals surface area contributed by atoms with Crippen LogP contribution in [0, 0.1) is 0 Å². The Bertz CT molecular complexity index is 838. The van der Waals surface area contributed by atoms with E-state index in [-0.39, 0.29) is 59.5 Å². The van der Waals surface area contributed by atoms with E-state index in [9.17, 15) is 14.4 Å². The molecule has 228 valence electrons. The molecule has 1 heterocycles. The first-order valence-corrected chi connectivity index (χ1v) is 18.4. The maximum absolute atomic E-state index is 14.3. The molecule has 0 saturated heterocycles. The van der Waals surface area contributed by atoms with Crippen LogP contribution in [0.5, 0.6) is 0 Å². The highest BCUT2D eigenvalue weighted by molar-refractivity contribution is 6.61. The van der Waals surface area contributed by atoms with Gasteiger partial charge in [-0.05, 0) is 62.3 Å². The van der Waals surface area contributed by atoms with E-state index in [2.05, 4.69) is 0 Å². The zero-order valence-corrected chi connectivity index (χ0v) is 27.6. The van der Waals surface area contributed by atoms with Crippen molar-refractivity contribution in [1.29, 1.82) is 0 Å². The van der Waals surface area contributed by atoms with Crippen LogP contribution in [-0.4, -0.2) is 99.1 Å². The minimum absolute atomic E-state index is 0.0349. The number of nitrogens with zero attached hydrogens (tertiary/aromatic N) is 3. The molecular weight excluding hydrogens is 570 g/mol. The lowest BCUT2D eigenvalue weighted by molar-refractivity contribution is 0.0442. The van der Waals surface area contributed by atoms with Gasteiger partial charge < -0.3 is 39.8 Å². The lowest BCUT2D eigenvalue weighted by Crippen LogP contribution is -2.77. The second-order valence-corrected chi connectivity index (χ2v) is 14.4. The van der Waals surface area contributed by atoms with E-state index in [1.54, 1.807) is 62.3 Å². The third-order valence-corrected chi connectivity index (χ3v) is 13.6. The first-order valence-electron chi connectivity index (χ1n) is 13.4. The van der Waals surface area contributed by atoms with Gasteiger partial charge in [0.1, 0.15) is 0 Å². The van der Waals surface area contributed by atoms with Crippen LogP contribution < -0.4 is 17.1 Å². The lowest BCUT2D eigenvalue weighted by Gasteiger charge is -2.34. The Labute approximate surface area is 232 Å². The summed E-state index contributed by atoms with van der Waals surface area (Å²) in [6, 6.07) is 0. The Balaban J connectivity index is 4.64. The largest absolute Gasteiger partial charge is 0.645 e. The van der Waals surface area contributed by atoms with Gasteiger partial charge in [-0.1, -0.05) is 0 Å². The van der Waals surface area contributed by atoms with E-state index in [1.807, 2.05) is 0 Å². The van der Waals surface area contributed by atoms with Crippen molar-refractivity contribution in [2.75, 3.05) is 59.5 Å². The Hall–Kier alpha value is -1.30. The van der Waals surface area contributed by atoms with E-state index in [0.717, 1.165) is 0 Å². The summed E-state index contributed by atoms with van der Waals surface area (Å²) in [7, 11) is -13.0. The minimum Gasteiger partial charge on any atom is -0.356 e. The molecule has 0 N–H and O–H groups in total. The summed E-state index contributed by atoms with van der Waals surface area (Å²) >= 11 is 0. The van der Waals surface area contributed by atoms with Crippen molar-refractivity contribution in [3.05, 3.63) is 31.5 Å². The van der Waals surface area contributed by atoms with Gasteiger partial charge in [0.15, 0.2) is 0 Å². The summed E-state index contributed by atoms with van der Waals surface area (Å²) < 4.78 is 55.2. The van der Waals surface area contributed by atoms with Crippen LogP contribution in [-0.2, 0) is 39.8 Å². The van der Waals surface area contributed by atoms with Crippen molar-refractivity contribution < 1.29 is 39.8 Å². The maximum atomic E-state index is 14.3. The smallest absolute Gasteiger partial charge is 0.356 e. The fourth-order valence-electron chi connectivity index (χ4n) is 3.85. The molecule has 0 bridgehead atoms. The van der Waals surface area contributed by atoms with Gasteiger partial charge in [0.25, 0.3) is 0 Å². The zero-order valence-electron chi connectivity index (χ0n) is 24.6. The van der Waals surface area contributed by atoms with Crippen molar-refractivity contribution >= 4 is 26.9 Å². The van der Waals surface area contributed by atoms with E-state index >= 15 is 0 Å². The van der Waals surface area contributed by atoms with Crippen LogP contribution in [0.3, 0.4) is 0 Å². The molecular formula is C21H45N3O12Si3. The Kier molecular flexibility index (Phi) is 15.4. The molecule has 0 aliphatic carbocycles. The van der Waals surface area contributed by atoms with Gasteiger partial charge in [-0.3, -0.25) is 0 Å². The van der Waals surface area contributed by atoms with Crippen molar-refractivity contribution in [1.82, 2.24) is 12.7 Å². The van der Waals surface area contributed by atoms with Gasteiger partial charge in [0.05, 0.1) is 0 Å². The molecule has 1 rings (SSSR count). The van der Waals surface area contributed by atoms with Crippen LogP contribution in [0.25, 0.3) is 0 Å². The zero-order chi connectivity index (χ0) is 29.7. The van der Waals surface area contributed by atoms with Crippen LogP contribution in [0.1, 0.15) is 62.3 Å². The fourth-order valence-corrected chi connectivity index (χ4v) is 11.3. The van der Waals surface area contributed by atoms with E-state index in [0.29, 0.717) is 12.7 Å². The lowest BCUT2D eigenvalue weighted by atomic mass is 10.9. The van der Waals surface area contributed by atoms with Crippen LogP contribution in [0.15, 0.2) is 14.4 Å². The minimum atomic E-state index is -4.32. The molecule has 0 unspecified atom stereocenters. The van der Waals surface area contributed by atoms with Gasteiger partial charge in [0.2, 0.25) is 0 Å². The quantitative estimate of drug-likeness (QED) is 0.176. The molecule has 0 atom stereocenters. The molecule has 1 aromatic heterocycles. The van der Waals surface area contributed by atoms with Crippen molar-refractivity contribution in [3.8, 4) is 0 Å². The number of hydrogen-bond donors (Lipinski definition) is 0. The normalized spacial score (nSPS) is 12.8. The van der Waals surface area contributed by atoms with E-state index < -0.39 is 44.0 Å². The summed E-state index contributed by atoms with van der Waals surface area (Å²) in [5, 5.41) is 0. The number of aromatic nitrogens is 3. The molecule has 39 heavy (non-hydrogen) atoms.